The Balaban J connectivity index is 1.88. The Morgan fingerprint density at radius 1 is 1.06 bits per heavy atom. The molecule has 0 spiro atoms. The van der Waals surface area contributed by atoms with E-state index < -0.39 is 0 Å². The van der Waals surface area contributed by atoms with E-state index in [9.17, 15) is 4.79 Å². The molecule has 0 aromatic carbocycles. The molecule has 2 rings (SSSR count). The zero-order chi connectivity index (χ0) is 13.0. The normalized spacial score (nSPS) is 31.8. The predicted molar refractivity (Wildman–Crippen MR) is 75.8 cm³/mol. The molecular weight excluding hydrogens is 246 g/mol. The number of amides is 1. The molecule has 0 radical (unpaired) electrons. The summed E-state index contributed by atoms with van der Waals surface area (Å²) in [6, 6.07) is 0. The summed E-state index contributed by atoms with van der Waals surface area (Å²) in [5, 5.41) is 0.149. The van der Waals surface area contributed by atoms with Crippen molar-refractivity contribution in [2.45, 2.75) is 63.7 Å². The lowest BCUT2D eigenvalue weighted by Crippen LogP contribution is -2.46. The van der Waals surface area contributed by atoms with Crippen LogP contribution in [0.2, 0.25) is 0 Å². The quantitative estimate of drug-likeness (QED) is 0.664. The van der Waals surface area contributed by atoms with Crippen LogP contribution in [-0.2, 0) is 4.79 Å². The Bertz CT molecular complexity index is 267. The van der Waals surface area contributed by atoms with Gasteiger partial charge in [-0.3, -0.25) is 4.79 Å². The molecule has 1 saturated carbocycles. The van der Waals surface area contributed by atoms with Gasteiger partial charge in [0.15, 0.2) is 0 Å². The molecule has 1 heterocycles. The van der Waals surface area contributed by atoms with E-state index in [1.165, 1.54) is 32.1 Å². The fourth-order valence-electron chi connectivity index (χ4n) is 3.18. The maximum Gasteiger partial charge on any atom is 0.225 e. The minimum atomic E-state index is 0.149. The molecule has 1 aliphatic carbocycles. The van der Waals surface area contributed by atoms with E-state index in [0.717, 1.165) is 32.4 Å². The number of nitrogens with zero attached hydrogens (tertiary/aromatic N) is 1. The fourth-order valence-corrected chi connectivity index (χ4v) is 3.48. The van der Waals surface area contributed by atoms with Crippen molar-refractivity contribution >= 4 is 17.5 Å². The van der Waals surface area contributed by atoms with Crippen LogP contribution in [0.4, 0.5) is 0 Å². The van der Waals surface area contributed by atoms with Gasteiger partial charge >= 0.3 is 0 Å². The molecule has 1 amide bonds. The summed E-state index contributed by atoms with van der Waals surface area (Å²) in [5.41, 5.74) is 0. The standard InChI is InChI=1S/C15H26ClNO/c1-12-9-10-17(11-14(12)16)15(18)13-7-5-3-2-4-6-8-13/h12-14H,2-11H2,1H3. The van der Waals surface area contributed by atoms with Gasteiger partial charge in [0.05, 0.1) is 5.38 Å². The van der Waals surface area contributed by atoms with Crippen LogP contribution >= 0.6 is 11.6 Å². The highest BCUT2D eigenvalue weighted by molar-refractivity contribution is 6.21. The lowest BCUT2D eigenvalue weighted by Gasteiger charge is -2.36. The molecule has 3 heteroatoms. The van der Waals surface area contributed by atoms with Crippen LogP contribution in [0.3, 0.4) is 0 Å². The Hall–Kier alpha value is -0.240. The van der Waals surface area contributed by atoms with Crippen molar-refractivity contribution in [3.05, 3.63) is 0 Å². The van der Waals surface area contributed by atoms with Crippen molar-refractivity contribution in [2.24, 2.45) is 11.8 Å². The molecule has 2 fully saturated rings. The van der Waals surface area contributed by atoms with Gasteiger partial charge in [-0.1, -0.05) is 39.0 Å². The average Bonchev–Trinajstić information content (AvgIpc) is 2.31. The zero-order valence-corrected chi connectivity index (χ0v) is 12.3. The van der Waals surface area contributed by atoms with E-state index in [0.29, 0.717) is 11.8 Å². The second kappa shape index (κ2) is 6.79. The van der Waals surface area contributed by atoms with Crippen LogP contribution in [0.15, 0.2) is 0 Å². The number of hydrogen-bond donors (Lipinski definition) is 0. The molecule has 2 nitrogen and oxygen atoms in total. The molecule has 18 heavy (non-hydrogen) atoms. The van der Waals surface area contributed by atoms with Gasteiger partial charge < -0.3 is 4.90 Å². The molecule has 0 bridgehead atoms. The number of carbonyl (C=O) groups is 1. The van der Waals surface area contributed by atoms with E-state index in [2.05, 4.69) is 6.92 Å². The summed E-state index contributed by atoms with van der Waals surface area (Å²) in [4.78, 5) is 14.6. The second-order valence-electron chi connectivity index (χ2n) is 6.11. The summed E-state index contributed by atoms with van der Waals surface area (Å²) < 4.78 is 0. The third-order valence-corrected chi connectivity index (χ3v) is 5.20. The first-order chi connectivity index (χ1) is 8.68. The van der Waals surface area contributed by atoms with Crippen LogP contribution in [0, 0.1) is 11.8 Å². The van der Waals surface area contributed by atoms with Crippen LogP contribution in [0.5, 0.6) is 0 Å². The molecule has 0 N–H and O–H groups in total. The van der Waals surface area contributed by atoms with Gasteiger partial charge in [0.1, 0.15) is 0 Å². The number of likely N-dealkylation sites (tertiary alicyclic amines) is 1. The van der Waals surface area contributed by atoms with E-state index >= 15 is 0 Å². The second-order valence-corrected chi connectivity index (χ2v) is 6.67. The molecule has 104 valence electrons. The van der Waals surface area contributed by atoms with E-state index in [1.54, 1.807) is 0 Å². The lowest BCUT2D eigenvalue weighted by atomic mass is 9.89. The van der Waals surface area contributed by atoms with Gasteiger partial charge in [-0.25, -0.2) is 0 Å². The van der Waals surface area contributed by atoms with Crippen LogP contribution in [0.1, 0.15) is 58.3 Å². The fraction of sp³-hybridized carbons (Fsp3) is 0.933. The van der Waals surface area contributed by atoms with Gasteiger partial charge in [-0.15, -0.1) is 11.6 Å². The molecular formula is C15H26ClNO. The summed E-state index contributed by atoms with van der Waals surface area (Å²) >= 11 is 6.31. The maximum atomic E-state index is 12.5. The zero-order valence-electron chi connectivity index (χ0n) is 11.5. The monoisotopic (exact) mass is 271 g/mol. The third kappa shape index (κ3) is 3.63. The predicted octanol–water partition coefficient (Wildman–Crippen LogP) is 3.82. The molecule has 0 aromatic heterocycles. The largest absolute Gasteiger partial charge is 0.341 e. The van der Waals surface area contributed by atoms with Gasteiger partial charge in [-0.05, 0) is 25.2 Å². The number of halogens is 1. The number of carbonyl (C=O) groups excluding carboxylic acids is 1. The first-order valence-corrected chi connectivity index (χ1v) is 8.05. The smallest absolute Gasteiger partial charge is 0.225 e. The first-order valence-electron chi connectivity index (χ1n) is 7.61. The average molecular weight is 272 g/mol. The summed E-state index contributed by atoms with van der Waals surface area (Å²) in [6.45, 7) is 3.87. The van der Waals surface area contributed by atoms with E-state index in [1.807, 2.05) is 4.90 Å². The third-order valence-electron chi connectivity index (χ3n) is 4.63. The molecule has 2 atom stereocenters. The summed E-state index contributed by atoms with van der Waals surface area (Å²) in [6.07, 6.45) is 9.67. The van der Waals surface area contributed by atoms with Gasteiger partial charge in [0, 0.05) is 19.0 Å². The van der Waals surface area contributed by atoms with Gasteiger partial charge in [0.25, 0.3) is 0 Å². The summed E-state index contributed by atoms with van der Waals surface area (Å²) in [5.74, 6) is 1.21. The maximum absolute atomic E-state index is 12.5. The van der Waals surface area contributed by atoms with Crippen LogP contribution < -0.4 is 0 Å². The Morgan fingerprint density at radius 3 is 2.28 bits per heavy atom. The summed E-state index contributed by atoms with van der Waals surface area (Å²) in [7, 11) is 0. The highest BCUT2D eigenvalue weighted by atomic mass is 35.5. The highest BCUT2D eigenvalue weighted by Crippen LogP contribution is 2.27. The SMILES string of the molecule is CC1CCN(C(=O)C2CCCCCCC2)CC1Cl. The van der Waals surface area contributed by atoms with E-state index in [4.69, 9.17) is 11.6 Å². The van der Waals surface area contributed by atoms with Crippen molar-refractivity contribution in [1.82, 2.24) is 4.90 Å². The molecule has 1 saturated heterocycles. The molecule has 1 aliphatic heterocycles. The molecule has 0 aromatic rings. The van der Waals surface area contributed by atoms with Gasteiger partial charge in [-0.2, -0.15) is 0 Å². The number of alkyl halides is 1. The van der Waals surface area contributed by atoms with Crippen LogP contribution in [0.25, 0.3) is 0 Å². The van der Waals surface area contributed by atoms with Crippen molar-refractivity contribution in [2.75, 3.05) is 13.1 Å². The molecule has 2 aliphatic rings. The number of hydrogen-bond acceptors (Lipinski definition) is 1. The van der Waals surface area contributed by atoms with Crippen LogP contribution in [-0.4, -0.2) is 29.3 Å². The first kappa shape index (κ1) is 14.2. The Morgan fingerprint density at radius 2 is 1.67 bits per heavy atom. The van der Waals surface area contributed by atoms with Crippen molar-refractivity contribution in [1.29, 1.82) is 0 Å². The number of piperidine rings is 1. The topological polar surface area (TPSA) is 20.3 Å². The van der Waals surface area contributed by atoms with Crippen molar-refractivity contribution in [3.63, 3.8) is 0 Å². The minimum Gasteiger partial charge on any atom is -0.341 e. The van der Waals surface area contributed by atoms with Gasteiger partial charge in [0.2, 0.25) is 5.91 Å². The highest BCUT2D eigenvalue weighted by Gasteiger charge is 2.31. The van der Waals surface area contributed by atoms with E-state index in [-0.39, 0.29) is 11.3 Å². The molecule has 2 unspecified atom stereocenters. The minimum absolute atomic E-state index is 0.149. The lowest BCUT2D eigenvalue weighted by molar-refractivity contribution is -0.137. The number of rotatable bonds is 1. The van der Waals surface area contributed by atoms with Crippen molar-refractivity contribution in [3.8, 4) is 0 Å². The van der Waals surface area contributed by atoms with Crippen molar-refractivity contribution < 1.29 is 4.79 Å². The Labute approximate surface area is 116 Å². The Kier molecular flexibility index (Phi) is 5.35.